The van der Waals surface area contributed by atoms with Crippen LogP contribution in [0.25, 0.3) is 11.1 Å². The van der Waals surface area contributed by atoms with Crippen LogP contribution >= 0.6 is 0 Å². The van der Waals surface area contributed by atoms with Crippen LogP contribution in [0.3, 0.4) is 0 Å². The Bertz CT molecular complexity index is 562. The third-order valence-corrected chi connectivity index (χ3v) is 3.49. The van der Waals surface area contributed by atoms with E-state index in [2.05, 4.69) is 0 Å². The maximum atomic E-state index is 8.71. The minimum absolute atomic E-state index is 0.275. The third kappa shape index (κ3) is 4.97. The van der Waals surface area contributed by atoms with Gasteiger partial charge in [-0.15, -0.1) is 0 Å². The van der Waals surface area contributed by atoms with Crippen molar-refractivity contribution in [2.24, 2.45) is 0 Å². The van der Waals surface area contributed by atoms with E-state index in [9.17, 15) is 0 Å². The van der Waals surface area contributed by atoms with Crippen LogP contribution in [0.15, 0.2) is 42.5 Å². The maximum Gasteiger partial charge on any atom is 0.119 e. The van der Waals surface area contributed by atoms with Crippen molar-refractivity contribution >= 4 is 11.4 Å². The molecule has 0 heterocycles. The van der Waals surface area contributed by atoms with Crippen LogP contribution in [-0.4, -0.2) is 18.3 Å². The van der Waals surface area contributed by atoms with Crippen molar-refractivity contribution in [2.75, 3.05) is 24.7 Å². The zero-order chi connectivity index (χ0) is 15.8. The molecule has 0 aromatic heterocycles. The molecule has 4 heteroatoms. The summed E-state index contributed by atoms with van der Waals surface area (Å²) in [6.07, 6.45) is 4.02. The number of anilines is 2. The van der Waals surface area contributed by atoms with E-state index in [1.54, 1.807) is 6.07 Å². The van der Waals surface area contributed by atoms with E-state index in [0.29, 0.717) is 18.0 Å². The van der Waals surface area contributed by atoms with Gasteiger partial charge in [-0.25, -0.2) is 0 Å². The van der Waals surface area contributed by atoms with Crippen molar-refractivity contribution < 1.29 is 9.84 Å². The molecule has 0 aliphatic heterocycles. The highest BCUT2D eigenvalue weighted by atomic mass is 16.5. The number of nitrogens with two attached hydrogens (primary N) is 2. The number of benzene rings is 2. The number of unbranched alkanes of at least 4 members (excludes halogenated alkanes) is 3. The van der Waals surface area contributed by atoms with Gasteiger partial charge >= 0.3 is 0 Å². The smallest absolute Gasteiger partial charge is 0.119 e. The molecule has 2 rings (SSSR count). The van der Waals surface area contributed by atoms with Gasteiger partial charge in [-0.2, -0.15) is 0 Å². The van der Waals surface area contributed by atoms with Gasteiger partial charge in [-0.05, 0) is 60.7 Å². The van der Waals surface area contributed by atoms with Crippen LogP contribution in [0.5, 0.6) is 5.75 Å². The summed E-state index contributed by atoms with van der Waals surface area (Å²) < 4.78 is 5.71. The number of aliphatic hydroxyl groups excluding tert-OH is 1. The molecular formula is C18H24N2O2. The molecule has 0 spiro atoms. The second-order valence-electron chi connectivity index (χ2n) is 5.40. The van der Waals surface area contributed by atoms with E-state index in [1.807, 2.05) is 36.4 Å². The van der Waals surface area contributed by atoms with E-state index >= 15 is 0 Å². The molecule has 0 saturated heterocycles. The molecule has 0 atom stereocenters. The van der Waals surface area contributed by atoms with E-state index in [4.69, 9.17) is 21.3 Å². The first-order valence-corrected chi connectivity index (χ1v) is 7.69. The minimum atomic E-state index is 0.275. The Morgan fingerprint density at radius 1 is 0.773 bits per heavy atom. The largest absolute Gasteiger partial charge is 0.494 e. The molecule has 22 heavy (non-hydrogen) atoms. The quantitative estimate of drug-likeness (QED) is 0.515. The number of rotatable bonds is 8. The normalized spacial score (nSPS) is 10.6. The fourth-order valence-corrected chi connectivity index (χ4v) is 2.34. The monoisotopic (exact) mass is 300 g/mol. The Morgan fingerprint density at radius 2 is 1.41 bits per heavy atom. The Kier molecular flexibility index (Phi) is 6.10. The lowest BCUT2D eigenvalue weighted by Crippen LogP contribution is -1.97. The zero-order valence-corrected chi connectivity index (χ0v) is 12.8. The molecule has 0 amide bonds. The lowest BCUT2D eigenvalue weighted by molar-refractivity contribution is 0.273. The average molecular weight is 300 g/mol. The Morgan fingerprint density at radius 3 is 2.05 bits per heavy atom. The lowest BCUT2D eigenvalue weighted by atomic mass is 10.0. The van der Waals surface area contributed by atoms with Gasteiger partial charge in [-0.1, -0.05) is 18.6 Å². The fraction of sp³-hybridized carbons (Fsp3) is 0.333. The summed E-state index contributed by atoms with van der Waals surface area (Å²) in [6, 6.07) is 13.5. The molecule has 2 aromatic carbocycles. The van der Waals surface area contributed by atoms with Crippen molar-refractivity contribution in [3.8, 4) is 16.9 Å². The first-order chi connectivity index (χ1) is 10.7. The number of hydrogen-bond donors (Lipinski definition) is 3. The summed E-state index contributed by atoms with van der Waals surface area (Å²) in [6.45, 7) is 0.979. The van der Waals surface area contributed by atoms with Crippen LogP contribution in [0.1, 0.15) is 25.7 Å². The number of aliphatic hydroxyl groups is 1. The molecule has 0 bridgehead atoms. The average Bonchev–Trinajstić information content (AvgIpc) is 2.50. The SMILES string of the molecule is Nc1cc(N)cc(-c2ccc(OCCCCCCO)cc2)c1. The van der Waals surface area contributed by atoms with Gasteiger partial charge in [0.25, 0.3) is 0 Å². The number of ether oxygens (including phenoxy) is 1. The first-order valence-electron chi connectivity index (χ1n) is 7.69. The van der Waals surface area contributed by atoms with Crippen LogP contribution in [0.4, 0.5) is 11.4 Å². The van der Waals surface area contributed by atoms with Gasteiger partial charge in [0, 0.05) is 18.0 Å². The Hall–Kier alpha value is -2.20. The van der Waals surface area contributed by atoms with E-state index in [1.165, 1.54) is 0 Å². The summed E-state index contributed by atoms with van der Waals surface area (Å²) in [5, 5.41) is 8.71. The lowest BCUT2D eigenvalue weighted by Gasteiger charge is -2.08. The highest BCUT2D eigenvalue weighted by Crippen LogP contribution is 2.26. The van der Waals surface area contributed by atoms with Crippen LogP contribution in [0.2, 0.25) is 0 Å². The van der Waals surface area contributed by atoms with Gasteiger partial charge in [-0.3, -0.25) is 0 Å². The second-order valence-corrected chi connectivity index (χ2v) is 5.40. The van der Waals surface area contributed by atoms with E-state index in [0.717, 1.165) is 42.6 Å². The molecule has 0 radical (unpaired) electrons. The second kappa shape index (κ2) is 8.29. The Balaban J connectivity index is 1.87. The summed E-state index contributed by atoms with van der Waals surface area (Å²) in [5.74, 6) is 0.864. The topological polar surface area (TPSA) is 81.5 Å². The molecule has 0 fully saturated rings. The zero-order valence-electron chi connectivity index (χ0n) is 12.8. The molecule has 5 N–H and O–H groups in total. The summed E-state index contributed by atoms with van der Waals surface area (Å²) in [7, 11) is 0. The summed E-state index contributed by atoms with van der Waals surface area (Å²) >= 11 is 0. The van der Waals surface area contributed by atoms with E-state index in [-0.39, 0.29) is 6.61 Å². The third-order valence-electron chi connectivity index (χ3n) is 3.49. The molecule has 0 unspecified atom stereocenters. The highest BCUT2D eigenvalue weighted by molar-refractivity contribution is 5.72. The van der Waals surface area contributed by atoms with Crippen molar-refractivity contribution in [3.63, 3.8) is 0 Å². The standard InChI is InChI=1S/C18H24N2O2/c19-16-11-15(12-17(20)13-16)14-5-7-18(8-6-14)22-10-4-2-1-3-9-21/h5-8,11-13,21H,1-4,9-10,19-20H2. The molecule has 0 aliphatic rings. The van der Waals surface area contributed by atoms with Crippen molar-refractivity contribution in [1.29, 1.82) is 0 Å². The molecule has 0 aliphatic carbocycles. The van der Waals surface area contributed by atoms with E-state index < -0.39 is 0 Å². The first kappa shape index (κ1) is 16.2. The van der Waals surface area contributed by atoms with Gasteiger partial charge in [0.1, 0.15) is 5.75 Å². The minimum Gasteiger partial charge on any atom is -0.494 e. The Labute approximate surface area is 131 Å². The van der Waals surface area contributed by atoms with Gasteiger partial charge in [0.05, 0.1) is 6.61 Å². The van der Waals surface area contributed by atoms with Crippen molar-refractivity contribution in [2.45, 2.75) is 25.7 Å². The molecule has 118 valence electrons. The molecule has 4 nitrogen and oxygen atoms in total. The van der Waals surface area contributed by atoms with Crippen LogP contribution in [-0.2, 0) is 0 Å². The molecule has 0 saturated carbocycles. The van der Waals surface area contributed by atoms with Gasteiger partial charge in [0.2, 0.25) is 0 Å². The molecular weight excluding hydrogens is 276 g/mol. The summed E-state index contributed by atoms with van der Waals surface area (Å²) in [5.41, 5.74) is 15.0. The van der Waals surface area contributed by atoms with Gasteiger partial charge in [0.15, 0.2) is 0 Å². The molecule has 2 aromatic rings. The predicted octanol–water partition coefficient (Wildman–Crippen LogP) is 3.45. The predicted molar refractivity (Wildman–Crippen MR) is 91.8 cm³/mol. The number of hydrogen-bond acceptors (Lipinski definition) is 4. The van der Waals surface area contributed by atoms with Crippen molar-refractivity contribution in [1.82, 2.24) is 0 Å². The maximum absolute atomic E-state index is 8.71. The van der Waals surface area contributed by atoms with Crippen LogP contribution in [0, 0.1) is 0 Å². The highest BCUT2D eigenvalue weighted by Gasteiger charge is 2.01. The van der Waals surface area contributed by atoms with Gasteiger partial charge < -0.3 is 21.3 Å². The number of nitrogen functional groups attached to an aromatic ring is 2. The van der Waals surface area contributed by atoms with Crippen molar-refractivity contribution in [3.05, 3.63) is 42.5 Å². The summed E-state index contributed by atoms with van der Waals surface area (Å²) in [4.78, 5) is 0. The van der Waals surface area contributed by atoms with Crippen LogP contribution < -0.4 is 16.2 Å². The fourth-order valence-electron chi connectivity index (χ4n) is 2.34.